The molecule has 34 heavy (non-hydrogen) atoms. The molecule has 3 aromatic rings. The minimum atomic E-state index is -0.774. The van der Waals surface area contributed by atoms with Crippen LogP contribution in [0.25, 0.3) is 11.3 Å². The second-order valence-corrected chi connectivity index (χ2v) is 8.76. The Balaban J connectivity index is 1.55. The van der Waals surface area contributed by atoms with Gasteiger partial charge in [0.25, 0.3) is 0 Å². The van der Waals surface area contributed by atoms with Gasteiger partial charge in [0, 0.05) is 5.56 Å². The Hall–Kier alpha value is -3.08. The lowest BCUT2D eigenvalue weighted by Gasteiger charge is -2.07. The molecule has 0 atom stereocenters. The average molecular weight is 463 g/mol. The molecular formula is C29H35FN2O2. The average Bonchev–Trinajstić information content (AvgIpc) is 2.85. The second kappa shape index (κ2) is 13.6. The molecule has 0 saturated heterocycles. The van der Waals surface area contributed by atoms with E-state index in [-0.39, 0.29) is 11.4 Å². The van der Waals surface area contributed by atoms with Gasteiger partial charge < -0.3 is 4.74 Å². The molecule has 2 aromatic carbocycles. The van der Waals surface area contributed by atoms with Gasteiger partial charge in [-0.05, 0) is 48.9 Å². The molecule has 0 aliphatic heterocycles. The minimum absolute atomic E-state index is 0.0457. The van der Waals surface area contributed by atoms with E-state index < -0.39 is 11.8 Å². The van der Waals surface area contributed by atoms with Crippen molar-refractivity contribution in [3.05, 3.63) is 77.4 Å². The van der Waals surface area contributed by atoms with Gasteiger partial charge in [0.2, 0.25) is 5.88 Å². The van der Waals surface area contributed by atoms with Gasteiger partial charge in [-0.1, -0.05) is 82.7 Å². The number of hydrogen-bond donors (Lipinski definition) is 0. The number of carbonyl (C=O) groups excluding carboxylic acids is 1. The van der Waals surface area contributed by atoms with Crippen molar-refractivity contribution in [2.24, 2.45) is 0 Å². The first kappa shape index (κ1) is 25.5. The van der Waals surface area contributed by atoms with Crippen LogP contribution in [0.2, 0.25) is 0 Å². The Morgan fingerprint density at radius 2 is 1.44 bits per heavy atom. The van der Waals surface area contributed by atoms with E-state index in [4.69, 9.17) is 4.74 Å². The van der Waals surface area contributed by atoms with Crippen molar-refractivity contribution in [3.8, 4) is 17.1 Å². The predicted octanol–water partition coefficient (Wildman–Crippen LogP) is 7.75. The first-order chi connectivity index (χ1) is 16.6. The van der Waals surface area contributed by atoms with Crippen LogP contribution in [0.15, 0.2) is 54.9 Å². The van der Waals surface area contributed by atoms with Crippen molar-refractivity contribution in [2.75, 3.05) is 0 Å². The van der Waals surface area contributed by atoms with Gasteiger partial charge in [-0.3, -0.25) is 0 Å². The first-order valence-electron chi connectivity index (χ1n) is 12.5. The zero-order chi connectivity index (χ0) is 24.2. The normalized spacial score (nSPS) is 10.9. The van der Waals surface area contributed by atoms with Crippen LogP contribution < -0.4 is 4.74 Å². The minimum Gasteiger partial charge on any atom is -0.402 e. The standard InChI is InChI=1S/C29H35FN2O2/c1-3-5-7-9-11-22-13-16-24(17-14-22)27-20-32-28(21-31-27)34-29(33)25-18-15-23(19-26(25)30)12-10-8-6-4-2/h13-21H,3-12H2,1-2H3. The van der Waals surface area contributed by atoms with E-state index in [0.29, 0.717) is 5.69 Å². The predicted molar refractivity (Wildman–Crippen MR) is 135 cm³/mol. The molecule has 1 heterocycles. The summed E-state index contributed by atoms with van der Waals surface area (Å²) in [5.41, 5.74) is 3.74. The third kappa shape index (κ3) is 7.75. The Morgan fingerprint density at radius 3 is 2.03 bits per heavy atom. The summed E-state index contributed by atoms with van der Waals surface area (Å²) in [6, 6.07) is 13.0. The monoisotopic (exact) mass is 462 g/mol. The fourth-order valence-corrected chi connectivity index (χ4v) is 3.90. The highest BCUT2D eigenvalue weighted by atomic mass is 19.1. The molecular weight excluding hydrogens is 427 g/mol. The number of hydrogen-bond acceptors (Lipinski definition) is 4. The van der Waals surface area contributed by atoms with E-state index in [1.165, 1.54) is 56.0 Å². The molecule has 0 amide bonds. The Bertz CT molecular complexity index is 1030. The van der Waals surface area contributed by atoms with Crippen LogP contribution in [0.1, 0.15) is 86.7 Å². The molecule has 3 rings (SSSR count). The van der Waals surface area contributed by atoms with E-state index >= 15 is 0 Å². The first-order valence-corrected chi connectivity index (χ1v) is 12.5. The number of esters is 1. The molecule has 4 nitrogen and oxygen atoms in total. The molecule has 0 bridgehead atoms. The van der Waals surface area contributed by atoms with Crippen molar-refractivity contribution >= 4 is 5.97 Å². The highest BCUT2D eigenvalue weighted by molar-refractivity contribution is 5.91. The number of benzene rings is 2. The summed E-state index contributed by atoms with van der Waals surface area (Å²) >= 11 is 0. The maximum atomic E-state index is 14.5. The third-order valence-electron chi connectivity index (χ3n) is 5.97. The van der Waals surface area contributed by atoms with Crippen LogP contribution in [0.4, 0.5) is 4.39 Å². The Labute approximate surface area is 202 Å². The largest absolute Gasteiger partial charge is 0.402 e. The molecule has 1 aromatic heterocycles. The van der Waals surface area contributed by atoms with Crippen LogP contribution in [0.5, 0.6) is 5.88 Å². The SMILES string of the molecule is CCCCCCc1ccc(-c2cnc(OC(=O)c3ccc(CCCCCC)cc3F)cn2)cc1. The zero-order valence-electron chi connectivity index (χ0n) is 20.4. The number of aromatic nitrogens is 2. The van der Waals surface area contributed by atoms with Crippen molar-refractivity contribution < 1.29 is 13.9 Å². The molecule has 0 N–H and O–H groups in total. The van der Waals surface area contributed by atoms with Crippen molar-refractivity contribution in [3.63, 3.8) is 0 Å². The van der Waals surface area contributed by atoms with E-state index in [1.807, 2.05) is 12.1 Å². The molecule has 0 spiro atoms. The summed E-state index contributed by atoms with van der Waals surface area (Å²) in [6.45, 7) is 4.37. The molecule has 0 aliphatic carbocycles. The van der Waals surface area contributed by atoms with Gasteiger partial charge in [-0.2, -0.15) is 0 Å². The lowest BCUT2D eigenvalue weighted by atomic mass is 10.0. The highest BCUT2D eigenvalue weighted by Crippen LogP contribution is 2.20. The smallest absolute Gasteiger partial charge is 0.347 e. The second-order valence-electron chi connectivity index (χ2n) is 8.76. The van der Waals surface area contributed by atoms with Crippen LogP contribution in [-0.2, 0) is 12.8 Å². The molecule has 0 saturated carbocycles. The van der Waals surface area contributed by atoms with Crippen LogP contribution in [0.3, 0.4) is 0 Å². The van der Waals surface area contributed by atoms with Gasteiger partial charge >= 0.3 is 5.97 Å². The summed E-state index contributed by atoms with van der Waals surface area (Å²) in [5, 5.41) is 0. The highest BCUT2D eigenvalue weighted by Gasteiger charge is 2.16. The number of aryl methyl sites for hydroxylation is 2. The number of halogens is 1. The van der Waals surface area contributed by atoms with Gasteiger partial charge in [-0.25, -0.2) is 19.2 Å². The maximum Gasteiger partial charge on any atom is 0.347 e. The van der Waals surface area contributed by atoms with E-state index in [2.05, 4.69) is 35.9 Å². The maximum absolute atomic E-state index is 14.5. The fraction of sp³-hybridized carbons (Fsp3) is 0.414. The van der Waals surface area contributed by atoms with Gasteiger partial charge in [-0.15, -0.1) is 0 Å². The third-order valence-corrected chi connectivity index (χ3v) is 5.97. The molecule has 0 aliphatic rings. The van der Waals surface area contributed by atoms with Gasteiger partial charge in [0.05, 0.1) is 23.7 Å². The fourth-order valence-electron chi connectivity index (χ4n) is 3.90. The molecule has 0 unspecified atom stereocenters. The number of ether oxygens (including phenoxy) is 1. The van der Waals surface area contributed by atoms with Crippen LogP contribution >= 0.6 is 0 Å². The molecule has 180 valence electrons. The summed E-state index contributed by atoms with van der Waals surface area (Å²) in [4.78, 5) is 21.0. The molecule has 0 radical (unpaired) electrons. The number of carbonyl (C=O) groups is 1. The van der Waals surface area contributed by atoms with E-state index in [9.17, 15) is 9.18 Å². The van der Waals surface area contributed by atoms with Gasteiger partial charge in [0.15, 0.2) is 0 Å². The lowest BCUT2D eigenvalue weighted by Crippen LogP contribution is -2.12. The summed E-state index contributed by atoms with van der Waals surface area (Å²) < 4.78 is 19.7. The number of nitrogens with zero attached hydrogens (tertiary/aromatic N) is 2. The van der Waals surface area contributed by atoms with Gasteiger partial charge in [0.1, 0.15) is 5.82 Å². The summed E-state index contributed by atoms with van der Waals surface area (Å²) in [7, 11) is 0. The van der Waals surface area contributed by atoms with E-state index in [1.54, 1.807) is 12.3 Å². The molecule has 5 heteroatoms. The van der Waals surface area contributed by atoms with Crippen LogP contribution in [0, 0.1) is 5.82 Å². The topological polar surface area (TPSA) is 52.1 Å². The summed E-state index contributed by atoms with van der Waals surface area (Å²) in [5.74, 6) is -1.30. The zero-order valence-corrected chi connectivity index (χ0v) is 20.4. The Kier molecular flexibility index (Phi) is 10.2. The lowest BCUT2D eigenvalue weighted by molar-refractivity contribution is 0.0722. The van der Waals surface area contributed by atoms with Crippen molar-refractivity contribution in [1.82, 2.24) is 9.97 Å². The number of rotatable bonds is 13. The quantitative estimate of drug-likeness (QED) is 0.192. The number of unbranched alkanes of at least 4 members (excludes halogenated alkanes) is 6. The van der Waals surface area contributed by atoms with Crippen LogP contribution in [-0.4, -0.2) is 15.9 Å². The van der Waals surface area contributed by atoms with Crippen molar-refractivity contribution in [1.29, 1.82) is 0 Å². The van der Waals surface area contributed by atoms with Crippen molar-refractivity contribution in [2.45, 2.75) is 78.1 Å². The summed E-state index contributed by atoms with van der Waals surface area (Å²) in [6.07, 6.45) is 14.3. The molecule has 0 fully saturated rings. The Morgan fingerprint density at radius 1 is 0.794 bits per heavy atom. The van der Waals surface area contributed by atoms with E-state index in [0.717, 1.165) is 43.2 Å².